The third kappa shape index (κ3) is 2.50. The van der Waals surface area contributed by atoms with Gasteiger partial charge in [-0.2, -0.15) is 0 Å². The zero-order chi connectivity index (χ0) is 13.5. The third-order valence-corrected chi connectivity index (χ3v) is 5.60. The highest BCUT2D eigenvalue weighted by molar-refractivity contribution is 9.11. The molecule has 0 amide bonds. The second-order valence-corrected chi connectivity index (χ2v) is 7.65. The average molecular weight is 338 g/mol. The van der Waals surface area contributed by atoms with E-state index < -0.39 is 6.10 Å². The van der Waals surface area contributed by atoms with Crippen molar-refractivity contribution in [2.24, 2.45) is 5.73 Å². The SMILES string of the molecule is NCC1(c2cccc(C(O)c3ccc(Br)s3)c2)CC1. The number of hydrogen-bond acceptors (Lipinski definition) is 3. The molecule has 1 atom stereocenters. The molecule has 1 aromatic heterocycles. The summed E-state index contributed by atoms with van der Waals surface area (Å²) in [5, 5.41) is 10.4. The van der Waals surface area contributed by atoms with E-state index in [0.717, 1.165) is 27.1 Å². The Morgan fingerprint density at radius 3 is 2.68 bits per heavy atom. The Morgan fingerprint density at radius 2 is 2.11 bits per heavy atom. The van der Waals surface area contributed by atoms with Crippen molar-refractivity contribution in [3.05, 3.63) is 56.2 Å². The van der Waals surface area contributed by atoms with Crippen LogP contribution in [0.4, 0.5) is 0 Å². The van der Waals surface area contributed by atoms with Crippen LogP contribution >= 0.6 is 27.3 Å². The molecule has 2 aromatic rings. The van der Waals surface area contributed by atoms with E-state index in [2.05, 4.69) is 28.1 Å². The summed E-state index contributed by atoms with van der Waals surface area (Å²) >= 11 is 5.00. The minimum Gasteiger partial charge on any atom is -0.383 e. The molecule has 100 valence electrons. The van der Waals surface area contributed by atoms with Crippen LogP contribution < -0.4 is 5.73 Å². The fraction of sp³-hybridized carbons (Fsp3) is 0.333. The van der Waals surface area contributed by atoms with Crippen molar-refractivity contribution in [3.63, 3.8) is 0 Å². The molecule has 0 spiro atoms. The largest absolute Gasteiger partial charge is 0.383 e. The fourth-order valence-corrected chi connectivity index (χ4v) is 3.88. The van der Waals surface area contributed by atoms with E-state index in [0.29, 0.717) is 6.54 Å². The summed E-state index contributed by atoms with van der Waals surface area (Å²) in [4.78, 5) is 0.960. The van der Waals surface area contributed by atoms with Gasteiger partial charge in [0, 0.05) is 16.8 Å². The normalized spacial score (nSPS) is 18.3. The summed E-state index contributed by atoms with van der Waals surface area (Å²) < 4.78 is 1.04. The third-order valence-electron chi connectivity index (χ3n) is 3.92. The molecule has 19 heavy (non-hydrogen) atoms. The lowest BCUT2D eigenvalue weighted by Crippen LogP contribution is -2.19. The molecule has 1 saturated carbocycles. The Balaban J connectivity index is 1.91. The van der Waals surface area contributed by atoms with Gasteiger partial charge in [0.15, 0.2) is 0 Å². The van der Waals surface area contributed by atoms with Crippen molar-refractivity contribution in [2.45, 2.75) is 24.4 Å². The topological polar surface area (TPSA) is 46.2 Å². The first-order valence-corrected chi connectivity index (χ1v) is 7.99. The molecular weight excluding hydrogens is 322 g/mol. The summed E-state index contributed by atoms with van der Waals surface area (Å²) in [7, 11) is 0. The van der Waals surface area contributed by atoms with E-state index in [1.807, 2.05) is 24.3 Å². The first-order valence-electron chi connectivity index (χ1n) is 6.38. The van der Waals surface area contributed by atoms with Crippen LogP contribution in [-0.4, -0.2) is 11.7 Å². The monoisotopic (exact) mass is 337 g/mol. The number of aliphatic hydroxyl groups is 1. The van der Waals surface area contributed by atoms with E-state index >= 15 is 0 Å². The van der Waals surface area contributed by atoms with Gasteiger partial charge in [-0.3, -0.25) is 0 Å². The van der Waals surface area contributed by atoms with E-state index in [1.165, 1.54) is 5.56 Å². The molecule has 3 rings (SSSR count). The lowest BCUT2D eigenvalue weighted by molar-refractivity contribution is 0.224. The maximum absolute atomic E-state index is 10.4. The van der Waals surface area contributed by atoms with Gasteiger partial charge in [-0.25, -0.2) is 0 Å². The van der Waals surface area contributed by atoms with Gasteiger partial charge < -0.3 is 10.8 Å². The second-order valence-electron chi connectivity index (χ2n) is 5.15. The molecule has 1 aromatic carbocycles. The number of hydrogen-bond donors (Lipinski definition) is 2. The van der Waals surface area contributed by atoms with E-state index in [1.54, 1.807) is 11.3 Å². The molecule has 0 aliphatic heterocycles. The molecule has 2 nitrogen and oxygen atoms in total. The molecule has 1 unspecified atom stereocenters. The predicted molar refractivity (Wildman–Crippen MR) is 82.5 cm³/mol. The van der Waals surface area contributed by atoms with Crippen molar-refractivity contribution in [1.29, 1.82) is 0 Å². The summed E-state index contributed by atoms with van der Waals surface area (Å²) in [6.07, 6.45) is 1.77. The van der Waals surface area contributed by atoms with Gasteiger partial charge in [0.2, 0.25) is 0 Å². The molecule has 1 aliphatic carbocycles. The summed E-state index contributed by atoms with van der Waals surface area (Å²) in [5.74, 6) is 0. The quantitative estimate of drug-likeness (QED) is 0.895. The minimum absolute atomic E-state index is 0.172. The smallest absolute Gasteiger partial charge is 0.113 e. The van der Waals surface area contributed by atoms with Crippen LogP contribution in [0.15, 0.2) is 40.2 Å². The first kappa shape index (κ1) is 13.3. The Kier molecular flexibility index (Phi) is 3.52. The molecule has 1 aliphatic rings. The summed E-state index contributed by atoms with van der Waals surface area (Å²) in [6, 6.07) is 12.2. The highest BCUT2D eigenvalue weighted by atomic mass is 79.9. The second kappa shape index (κ2) is 5.02. The standard InChI is InChI=1S/C15H16BrNOS/c16-13-5-4-12(19-13)14(18)10-2-1-3-11(8-10)15(9-17)6-7-15/h1-5,8,14,18H,6-7,9,17H2. The lowest BCUT2D eigenvalue weighted by atomic mass is 9.93. The summed E-state index contributed by atoms with van der Waals surface area (Å²) in [5.41, 5.74) is 8.26. The molecule has 4 heteroatoms. The Bertz CT molecular complexity index is 591. The van der Waals surface area contributed by atoms with E-state index in [-0.39, 0.29) is 5.41 Å². The van der Waals surface area contributed by atoms with Gasteiger partial charge in [0.25, 0.3) is 0 Å². The molecular formula is C15H16BrNOS. The Hall–Kier alpha value is -0.680. The Morgan fingerprint density at radius 1 is 1.32 bits per heavy atom. The van der Waals surface area contributed by atoms with Gasteiger partial charge >= 0.3 is 0 Å². The van der Waals surface area contributed by atoms with E-state index in [9.17, 15) is 5.11 Å². The van der Waals surface area contributed by atoms with Crippen LogP contribution in [0.5, 0.6) is 0 Å². The van der Waals surface area contributed by atoms with Crippen molar-refractivity contribution >= 4 is 27.3 Å². The fourth-order valence-electron chi connectivity index (χ4n) is 2.44. The average Bonchev–Trinajstić information content (AvgIpc) is 3.14. The van der Waals surface area contributed by atoms with Crippen molar-refractivity contribution < 1.29 is 5.11 Å². The highest BCUT2D eigenvalue weighted by Crippen LogP contribution is 2.47. The van der Waals surface area contributed by atoms with Crippen molar-refractivity contribution in [2.75, 3.05) is 6.54 Å². The van der Waals surface area contributed by atoms with Gasteiger partial charge in [-0.1, -0.05) is 24.3 Å². The highest BCUT2D eigenvalue weighted by Gasteiger charge is 2.42. The number of aliphatic hydroxyl groups excluding tert-OH is 1. The van der Waals surface area contributed by atoms with E-state index in [4.69, 9.17) is 5.73 Å². The van der Waals surface area contributed by atoms with Crippen molar-refractivity contribution in [3.8, 4) is 0 Å². The number of nitrogens with two attached hydrogens (primary N) is 1. The van der Waals surface area contributed by atoms with Gasteiger partial charge in [0.05, 0.1) is 3.79 Å². The number of rotatable bonds is 4. The minimum atomic E-state index is -0.551. The van der Waals surface area contributed by atoms with Crippen LogP contribution in [0, 0.1) is 0 Å². The van der Waals surface area contributed by atoms with Crippen LogP contribution in [0.2, 0.25) is 0 Å². The van der Waals surface area contributed by atoms with Crippen LogP contribution in [0.1, 0.15) is 34.9 Å². The molecule has 1 fully saturated rings. The van der Waals surface area contributed by atoms with Crippen LogP contribution in [0.25, 0.3) is 0 Å². The Labute approximate surface area is 125 Å². The lowest BCUT2D eigenvalue weighted by Gasteiger charge is -2.16. The molecule has 0 radical (unpaired) electrons. The van der Waals surface area contributed by atoms with Gasteiger partial charge in [-0.05, 0) is 52.0 Å². The molecule has 1 heterocycles. The predicted octanol–water partition coefficient (Wildman–Crippen LogP) is 3.58. The van der Waals surface area contributed by atoms with Crippen LogP contribution in [-0.2, 0) is 5.41 Å². The molecule has 3 N–H and O–H groups in total. The zero-order valence-electron chi connectivity index (χ0n) is 10.5. The van der Waals surface area contributed by atoms with Crippen molar-refractivity contribution in [1.82, 2.24) is 0 Å². The molecule has 0 bridgehead atoms. The maximum Gasteiger partial charge on any atom is 0.113 e. The maximum atomic E-state index is 10.4. The number of benzene rings is 1. The zero-order valence-corrected chi connectivity index (χ0v) is 12.9. The summed E-state index contributed by atoms with van der Waals surface area (Å²) in [6.45, 7) is 0.692. The molecule has 0 saturated heterocycles. The van der Waals surface area contributed by atoms with Crippen LogP contribution in [0.3, 0.4) is 0 Å². The number of thiophene rings is 1. The number of halogens is 1. The van der Waals surface area contributed by atoms with Gasteiger partial charge in [0.1, 0.15) is 6.10 Å². The van der Waals surface area contributed by atoms with Gasteiger partial charge in [-0.15, -0.1) is 11.3 Å². The first-order chi connectivity index (χ1) is 9.14.